The third-order valence-electron chi connectivity index (χ3n) is 6.71. The number of fused-ring (bicyclic) bond motifs is 1. The molecule has 8 heteroatoms. The van der Waals surface area contributed by atoms with Crippen molar-refractivity contribution in [3.8, 4) is 5.75 Å². The maximum Gasteiger partial charge on any atom is 0.338 e. The number of rotatable bonds is 7. The van der Waals surface area contributed by atoms with Crippen LogP contribution in [0.1, 0.15) is 59.9 Å². The maximum absolute atomic E-state index is 14.0. The summed E-state index contributed by atoms with van der Waals surface area (Å²) < 4.78 is 13.3. The summed E-state index contributed by atoms with van der Waals surface area (Å²) in [7, 11) is 1.68. The molecular formula is C31H30N2O4S2. The number of hydrogen-bond donors (Lipinski definition) is 0. The highest BCUT2D eigenvalue weighted by Gasteiger charge is 2.35. The second-order valence-electron chi connectivity index (χ2n) is 9.55. The number of esters is 1. The van der Waals surface area contributed by atoms with Gasteiger partial charge in [-0.15, -0.1) is 11.3 Å². The van der Waals surface area contributed by atoms with E-state index in [4.69, 9.17) is 14.5 Å². The summed E-state index contributed by atoms with van der Waals surface area (Å²) in [5.41, 5.74) is 4.55. The number of nitrogens with zero attached hydrogens (tertiary/aromatic N) is 2. The van der Waals surface area contributed by atoms with E-state index >= 15 is 0 Å². The minimum Gasteiger partial charge on any atom is -0.496 e. The number of carbonyl (C=O) groups is 1. The number of thiazole rings is 1. The molecule has 0 spiro atoms. The lowest BCUT2D eigenvalue weighted by molar-refractivity contribution is -0.138. The molecule has 0 bridgehead atoms. The van der Waals surface area contributed by atoms with Crippen molar-refractivity contribution >= 4 is 40.4 Å². The Bertz CT molecular complexity index is 1730. The number of thiophene rings is 1. The van der Waals surface area contributed by atoms with E-state index in [-0.39, 0.29) is 18.1 Å². The summed E-state index contributed by atoms with van der Waals surface area (Å²) in [5, 5.41) is 1.95. The van der Waals surface area contributed by atoms with E-state index in [9.17, 15) is 9.59 Å². The van der Waals surface area contributed by atoms with Gasteiger partial charge >= 0.3 is 5.97 Å². The SMILES string of the molecule is CCOC(=O)C1=C(c2ccccc2)N=c2s/c(=C/c3cc(C(C)C)c(OC)cc3C)c(=O)n2[C@@H]1c1cccs1. The maximum atomic E-state index is 14.0. The first kappa shape index (κ1) is 26.8. The Labute approximate surface area is 235 Å². The molecule has 2 aromatic carbocycles. The lowest BCUT2D eigenvalue weighted by atomic mass is 9.96. The molecule has 1 aliphatic rings. The van der Waals surface area contributed by atoms with Gasteiger partial charge in [-0.25, -0.2) is 9.79 Å². The zero-order chi connectivity index (χ0) is 27.7. The molecular weight excluding hydrogens is 528 g/mol. The summed E-state index contributed by atoms with van der Waals surface area (Å²) in [5.74, 6) is 0.624. The number of benzene rings is 2. The van der Waals surface area contributed by atoms with E-state index in [1.807, 2.05) is 66.9 Å². The molecule has 0 N–H and O–H groups in total. The van der Waals surface area contributed by atoms with Gasteiger partial charge in [-0.2, -0.15) is 0 Å². The van der Waals surface area contributed by atoms with Crippen molar-refractivity contribution in [2.45, 2.75) is 39.7 Å². The molecule has 3 heterocycles. The summed E-state index contributed by atoms with van der Waals surface area (Å²) >= 11 is 2.83. The molecule has 5 rings (SSSR count). The second kappa shape index (κ2) is 11.2. The monoisotopic (exact) mass is 558 g/mol. The highest BCUT2D eigenvalue weighted by Crippen LogP contribution is 2.37. The first-order chi connectivity index (χ1) is 18.8. The molecule has 0 radical (unpaired) electrons. The Morgan fingerprint density at radius 2 is 1.92 bits per heavy atom. The van der Waals surface area contributed by atoms with Crippen molar-refractivity contribution in [2.24, 2.45) is 4.99 Å². The molecule has 1 atom stereocenters. The van der Waals surface area contributed by atoms with Gasteiger partial charge in [0.25, 0.3) is 5.56 Å². The minimum atomic E-state index is -0.638. The van der Waals surface area contributed by atoms with E-state index in [0.717, 1.165) is 32.9 Å². The van der Waals surface area contributed by atoms with Gasteiger partial charge in [-0.3, -0.25) is 9.36 Å². The van der Waals surface area contributed by atoms with Crippen LogP contribution >= 0.6 is 22.7 Å². The van der Waals surface area contributed by atoms with Gasteiger partial charge in [0.05, 0.1) is 29.5 Å². The molecule has 0 unspecified atom stereocenters. The molecule has 6 nitrogen and oxygen atoms in total. The van der Waals surface area contributed by atoms with Crippen LogP contribution in [0, 0.1) is 6.92 Å². The van der Waals surface area contributed by atoms with Crippen LogP contribution in [-0.2, 0) is 9.53 Å². The average Bonchev–Trinajstić information content (AvgIpc) is 3.57. The van der Waals surface area contributed by atoms with E-state index < -0.39 is 12.0 Å². The second-order valence-corrected chi connectivity index (χ2v) is 11.5. The van der Waals surface area contributed by atoms with Crippen LogP contribution in [0.15, 0.2) is 75.3 Å². The quantitative estimate of drug-likeness (QED) is 0.284. The summed E-state index contributed by atoms with van der Waals surface area (Å²) in [6.07, 6.45) is 1.92. The molecule has 0 saturated heterocycles. The fraction of sp³-hybridized carbons (Fsp3) is 0.258. The lowest BCUT2D eigenvalue weighted by Gasteiger charge is -2.24. The molecule has 200 valence electrons. The van der Waals surface area contributed by atoms with Gasteiger partial charge in [0.1, 0.15) is 11.8 Å². The van der Waals surface area contributed by atoms with E-state index in [1.54, 1.807) is 18.6 Å². The number of aromatic nitrogens is 1. The molecule has 0 amide bonds. The average molecular weight is 559 g/mol. The lowest BCUT2D eigenvalue weighted by Crippen LogP contribution is -2.39. The molecule has 1 aliphatic heterocycles. The first-order valence-electron chi connectivity index (χ1n) is 12.8. The largest absolute Gasteiger partial charge is 0.496 e. The first-order valence-corrected chi connectivity index (χ1v) is 14.5. The van der Waals surface area contributed by atoms with Crippen molar-refractivity contribution in [2.75, 3.05) is 13.7 Å². The number of ether oxygens (including phenoxy) is 2. The van der Waals surface area contributed by atoms with Crippen molar-refractivity contribution in [3.63, 3.8) is 0 Å². The summed E-state index contributed by atoms with van der Waals surface area (Å²) in [6, 6.07) is 16.9. The molecule has 4 aromatic rings. The van der Waals surface area contributed by atoms with Crippen LogP contribution < -0.4 is 19.6 Å². The van der Waals surface area contributed by atoms with Crippen LogP contribution in [0.25, 0.3) is 11.8 Å². The number of hydrogen-bond acceptors (Lipinski definition) is 7. The van der Waals surface area contributed by atoms with Crippen molar-refractivity contribution in [1.29, 1.82) is 0 Å². The number of carbonyl (C=O) groups excluding carboxylic acids is 1. The van der Waals surface area contributed by atoms with Gasteiger partial charge in [-0.05, 0) is 66.1 Å². The Morgan fingerprint density at radius 3 is 2.56 bits per heavy atom. The van der Waals surface area contributed by atoms with Gasteiger partial charge in [0, 0.05) is 10.4 Å². The summed E-state index contributed by atoms with van der Waals surface area (Å²) in [4.78, 5) is 33.8. The predicted molar refractivity (Wildman–Crippen MR) is 157 cm³/mol. The Balaban J connectivity index is 1.79. The van der Waals surface area contributed by atoms with Gasteiger partial charge in [0.15, 0.2) is 4.80 Å². The molecule has 0 fully saturated rings. The van der Waals surface area contributed by atoms with Crippen LogP contribution in [0.3, 0.4) is 0 Å². The fourth-order valence-electron chi connectivity index (χ4n) is 4.80. The van der Waals surface area contributed by atoms with Crippen molar-refractivity contribution < 1.29 is 14.3 Å². The number of methoxy groups -OCH3 is 1. The zero-order valence-electron chi connectivity index (χ0n) is 22.6. The van der Waals surface area contributed by atoms with Gasteiger partial charge in [-0.1, -0.05) is 61.6 Å². The van der Waals surface area contributed by atoms with Crippen molar-refractivity contribution in [3.05, 3.63) is 112 Å². The third-order valence-corrected chi connectivity index (χ3v) is 8.62. The Morgan fingerprint density at radius 1 is 1.15 bits per heavy atom. The topological polar surface area (TPSA) is 69.9 Å². The normalized spacial score (nSPS) is 15.3. The van der Waals surface area contributed by atoms with Gasteiger partial charge in [0.2, 0.25) is 0 Å². The highest BCUT2D eigenvalue weighted by molar-refractivity contribution is 7.10. The van der Waals surface area contributed by atoms with E-state index in [2.05, 4.69) is 19.9 Å². The van der Waals surface area contributed by atoms with Crippen LogP contribution in [0.4, 0.5) is 0 Å². The number of aryl methyl sites for hydroxylation is 1. The fourth-order valence-corrected chi connectivity index (χ4v) is 6.61. The predicted octanol–water partition coefficient (Wildman–Crippen LogP) is 5.44. The molecule has 0 aliphatic carbocycles. The van der Waals surface area contributed by atoms with Crippen LogP contribution in [0.5, 0.6) is 5.75 Å². The standard InChI is InChI=1S/C31H30N2O4S2/c1-6-37-30(35)26-27(20-11-8-7-9-12-20)32-31-33(28(26)24-13-10-14-38-24)29(34)25(39-31)17-21-16-22(18(2)3)23(36-5)15-19(21)4/h7-18,28H,6H2,1-5H3/b25-17+/t28-/m1/s1. The minimum absolute atomic E-state index is 0.188. The summed E-state index contributed by atoms with van der Waals surface area (Å²) in [6.45, 7) is 8.25. The zero-order valence-corrected chi connectivity index (χ0v) is 24.2. The van der Waals surface area contributed by atoms with E-state index in [1.165, 1.54) is 22.7 Å². The van der Waals surface area contributed by atoms with E-state index in [0.29, 0.717) is 20.6 Å². The smallest absolute Gasteiger partial charge is 0.338 e. The van der Waals surface area contributed by atoms with Gasteiger partial charge < -0.3 is 9.47 Å². The van der Waals surface area contributed by atoms with Crippen molar-refractivity contribution in [1.82, 2.24) is 4.57 Å². The molecule has 0 saturated carbocycles. The molecule has 2 aromatic heterocycles. The third kappa shape index (κ3) is 5.02. The van der Waals surface area contributed by atoms with Crippen LogP contribution in [0.2, 0.25) is 0 Å². The Hall–Kier alpha value is -3.75. The Kier molecular flexibility index (Phi) is 7.68. The van der Waals surface area contributed by atoms with Crippen LogP contribution in [-0.4, -0.2) is 24.3 Å². The molecule has 39 heavy (non-hydrogen) atoms. The highest BCUT2D eigenvalue weighted by atomic mass is 32.1.